The predicted octanol–water partition coefficient (Wildman–Crippen LogP) is 1.11. The summed E-state index contributed by atoms with van der Waals surface area (Å²) < 4.78 is 29.2. The first-order valence-electron chi connectivity index (χ1n) is 12.5. The van der Waals surface area contributed by atoms with Crippen LogP contribution in [-0.2, 0) is 42.9 Å². The molecule has 3 fully saturated rings. The Morgan fingerprint density at radius 1 is 1.00 bits per heavy atom. The van der Waals surface area contributed by atoms with Gasteiger partial charge in [0.15, 0.2) is 17.3 Å². The minimum Gasteiger partial charge on any atom is -0.462 e. The number of allylic oxidation sites excluding steroid dienone is 1. The number of rotatable bonds is 3. The van der Waals surface area contributed by atoms with Crippen molar-refractivity contribution in [2.75, 3.05) is 0 Å². The highest BCUT2D eigenvalue weighted by molar-refractivity contribution is 5.89. The highest BCUT2D eigenvalue weighted by Crippen LogP contribution is 2.66. The van der Waals surface area contributed by atoms with Crippen molar-refractivity contribution in [3.63, 3.8) is 0 Å². The normalized spacial score (nSPS) is 48.1. The fraction of sp³-hybridized carbons (Fsp3) is 0.769. The van der Waals surface area contributed by atoms with Crippen molar-refractivity contribution in [1.82, 2.24) is 0 Å². The van der Waals surface area contributed by atoms with Crippen molar-refractivity contribution in [1.29, 1.82) is 0 Å². The quantitative estimate of drug-likeness (QED) is 0.236. The molecule has 0 bridgehead atoms. The first-order valence-corrected chi connectivity index (χ1v) is 12.5. The highest BCUT2D eigenvalue weighted by Gasteiger charge is 2.88. The number of epoxide rings is 1. The Morgan fingerprint density at radius 3 is 2.11 bits per heavy atom. The van der Waals surface area contributed by atoms with E-state index in [4.69, 9.17) is 23.7 Å². The number of esters is 4. The van der Waals surface area contributed by atoms with E-state index in [1.807, 2.05) is 6.92 Å². The molecule has 0 aromatic heterocycles. The lowest BCUT2D eigenvalue weighted by molar-refractivity contribution is -0.274. The van der Waals surface area contributed by atoms with E-state index < -0.39 is 82.5 Å². The third kappa shape index (κ3) is 3.97. The van der Waals surface area contributed by atoms with Crippen LogP contribution in [0, 0.1) is 11.3 Å². The van der Waals surface area contributed by atoms with E-state index in [1.165, 1.54) is 34.6 Å². The molecule has 11 nitrogen and oxygen atoms in total. The van der Waals surface area contributed by atoms with E-state index in [1.54, 1.807) is 13.0 Å². The maximum Gasteiger partial charge on any atom is 0.342 e. The smallest absolute Gasteiger partial charge is 0.342 e. The average molecular weight is 525 g/mol. The Hall–Kier alpha value is -2.50. The third-order valence-electron chi connectivity index (χ3n) is 8.79. The molecule has 0 unspecified atom stereocenters. The molecule has 1 saturated carbocycles. The van der Waals surface area contributed by atoms with Crippen molar-refractivity contribution < 1.29 is 53.1 Å². The summed E-state index contributed by atoms with van der Waals surface area (Å²) in [6.07, 6.45) is -3.49. The summed E-state index contributed by atoms with van der Waals surface area (Å²) in [6, 6.07) is 0. The van der Waals surface area contributed by atoms with Gasteiger partial charge in [0, 0.05) is 33.1 Å². The van der Waals surface area contributed by atoms with Gasteiger partial charge >= 0.3 is 23.9 Å². The summed E-state index contributed by atoms with van der Waals surface area (Å²) in [5, 5.41) is 23.0. The summed E-state index contributed by atoms with van der Waals surface area (Å²) in [7, 11) is 0. The van der Waals surface area contributed by atoms with Crippen LogP contribution in [0.5, 0.6) is 0 Å². The summed E-state index contributed by atoms with van der Waals surface area (Å²) in [5.41, 5.74) is -5.58. The van der Waals surface area contributed by atoms with Crippen LogP contribution in [0.4, 0.5) is 0 Å². The van der Waals surface area contributed by atoms with Gasteiger partial charge in [-0.25, -0.2) is 4.79 Å². The number of carbonyl (C=O) groups excluding carboxylic acids is 4. The molecule has 37 heavy (non-hydrogen) atoms. The molecule has 0 aromatic rings. The van der Waals surface area contributed by atoms with Gasteiger partial charge in [0.2, 0.25) is 0 Å². The highest BCUT2D eigenvalue weighted by atomic mass is 16.7. The predicted molar refractivity (Wildman–Crippen MR) is 125 cm³/mol. The van der Waals surface area contributed by atoms with Gasteiger partial charge in [0.25, 0.3) is 0 Å². The molecule has 2 heterocycles. The van der Waals surface area contributed by atoms with E-state index in [0.717, 1.165) is 5.57 Å². The van der Waals surface area contributed by atoms with Gasteiger partial charge in [-0.3, -0.25) is 14.4 Å². The lowest BCUT2D eigenvalue weighted by Crippen LogP contribution is -2.72. The van der Waals surface area contributed by atoms with Gasteiger partial charge in [0.1, 0.15) is 18.3 Å². The van der Waals surface area contributed by atoms with Crippen LogP contribution in [0.25, 0.3) is 0 Å². The molecule has 4 rings (SSSR count). The van der Waals surface area contributed by atoms with E-state index in [-0.39, 0.29) is 12.8 Å². The molecule has 2 saturated heterocycles. The largest absolute Gasteiger partial charge is 0.462 e. The Bertz CT molecular complexity index is 1050. The molecule has 1 spiro atoms. The molecular formula is C26H36O11. The first-order chi connectivity index (χ1) is 17.0. The molecule has 2 aliphatic heterocycles. The molecule has 2 N–H and O–H groups in total. The SMILES string of the molecule is CC(=O)O[C@H]1CC/C(C)=C\[C@@H]2OC(=O)[C@]3(C)O[C@]23[C@H](OC(C)=O)[C@H]2[C@@](C)(O)[C@H](O)C[C@@H](OC(C)=O)[C@]12C. The second kappa shape index (κ2) is 8.78. The van der Waals surface area contributed by atoms with Gasteiger partial charge in [-0.1, -0.05) is 12.5 Å². The van der Waals surface area contributed by atoms with Crippen molar-refractivity contribution in [3.8, 4) is 0 Å². The van der Waals surface area contributed by atoms with Gasteiger partial charge in [-0.15, -0.1) is 0 Å². The van der Waals surface area contributed by atoms with Gasteiger partial charge in [0.05, 0.1) is 17.1 Å². The third-order valence-corrected chi connectivity index (χ3v) is 8.79. The standard InChI is InChI=1S/C26H36O11/c1-12-8-9-17(33-13(2)27)23(5)18(34-14(3)28)11-16(30)24(6,32)20(23)21(35-15(4)29)26-19(10-12)36-22(31)25(26,7)37-26/h10,16-21,30,32H,8-9,11H2,1-7H3/b12-10-/t16-,17+,18-,19+,20-,21-,23+,24+,25+,26+/m1/s1. The molecule has 2 aliphatic carbocycles. The topological polar surface area (TPSA) is 158 Å². The Balaban J connectivity index is 2.03. The number of aliphatic hydroxyl groups is 2. The molecule has 206 valence electrons. The summed E-state index contributed by atoms with van der Waals surface area (Å²) in [5.74, 6) is -3.83. The minimum absolute atomic E-state index is 0.164. The van der Waals surface area contributed by atoms with E-state index in [2.05, 4.69) is 0 Å². The van der Waals surface area contributed by atoms with Crippen molar-refractivity contribution in [3.05, 3.63) is 11.6 Å². The Labute approximate surface area is 215 Å². The molecule has 10 atom stereocenters. The average Bonchev–Trinajstić information content (AvgIpc) is 3.34. The monoisotopic (exact) mass is 524 g/mol. The van der Waals surface area contributed by atoms with Gasteiger partial charge in [-0.2, -0.15) is 0 Å². The maximum absolute atomic E-state index is 13.0. The second-order valence-electron chi connectivity index (χ2n) is 11.4. The molecule has 0 amide bonds. The number of carbonyl (C=O) groups is 4. The molecule has 0 aromatic carbocycles. The number of aliphatic hydroxyl groups excluding tert-OH is 1. The number of hydrogen-bond acceptors (Lipinski definition) is 11. The number of fused-ring (bicyclic) bond motifs is 1. The van der Waals surface area contributed by atoms with Gasteiger partial charge in [-0.05, 0) is 39.7 Å². The summed E-state index contributed by atoms with van der Waals surface area (Å²) in [6.45, 7) is 10.1. The first kappa shape index (κ1) is 27.5. The second-order valence-corrected chi connectivity index (χ2v) is 11.4. The maximum atomic E-state index is 13.0. The van der Waals surface area contributed by atoms with E-state index >= 15 is 0 Å². The van der Waals surface area contributed by atoms with Crippen molar-refractivity contribution in [2.45, 2.75) is 115 Å². The lowest BCUT2D eigenvalue weighted by Gasteiger charge is -2.59. The minimum atomic E-state index is -1.96. The molecule has 0 radical (unpaired) electrons. The van der Waals surface area contributed by atoms with Gasteiger partial charge < -0.3 is 33.9 Å². The zero-order valence-electron chi connectivity index (χ0n) is 22.2. The van der Waals surface area contributed by atoms with Crippen molar-refractivity contribution >= 4 is 23.9 Å². The summed E-state index contributed by atoms with van der Waals surface area (Å²) >= 11 is 0. The van der Waals surface area contributed by atoms with Crippen LogP contribution in [0.1, 0.15) is 67.7 Å². The number of ether oxygens (including phenoxy) is 5. The fourth-order valence-electron chi connectivity index (χ4n) is 6.94. The molecule has 4 aliphatic rings. The summed E-state index contributed by atoms with van der Waals surface area (Å²) in [4.78, 5) is 50.0. The molecular weight excluding hydrogens is 488 g/mol. The van der Waals surface area contributed by atoms with Crippen LogP contribution in [0.2, 0.25) is 0 Å². The van der Waals surface area contributed by atoms with Crippen molar-refractivity contribution in [2.24, 2.45) is 11.3 Å². The van der Waals surface area contributed by atoms with E-state index in [0.29, 0.717) is 6.42 Å². The zero-order valence-corrected chi connectivity index (χ0v) is 22.2. The Kier molecular flexibility index (Phi) is 6.53. The van der Waals surface area contributed by atoms with Crippen LogP contribution in [0.15, 0.2) is 11.6 Å². The fourth-order valence-corrected chi connectivity index (χ4v) is 6.94. The molecule has 11 heteroatoms. The van der Waals surface area contributed by atoms with Crippen LogP contribution >= 0.6 is 0 Å². The lowest BCUT2D eigenvalue weighted by atomic mass is 9.51. The van der Waals surface area contributed by atoms with Crippen LogP contribution in [0.3, 0.4) is 0 Å². The Morgan fingerprint density at radius 2 is 1.57 bits per heavy atom. The van der Waals surface area contributed by atoms with Crippen LogP contribution < -0.4 is 0 Å². The number of hydrogen-bond donors (Lipinski definition) is 2. The van der Waals surface area contributed by atoms with E-state index in [9.17, 15) is 29.4 Å². The zero-order chi connectivity index (χ0) is 27.7. The van der Waals surface area contributed by atoms with Crippen LogP contribution in [-0.4, -0.2) is 81.4 Å².